The smallest absolute Gasteiger partial charge is 0.272 e. The molecule has 0 atom stereocenters. The van der Waals surface area contributed by atoms with E-state index in [1.54, 1.807) is 25.3 Å². The number of para-hydroxylation sites is 1. The van der Waals surface area contributed by atoms with Gasteiger partial charge in [0.15, 0.2) is 0 Å². The van der Waals surface area contributed by atoms with E-state index in [0.717, 1.165) is 43.7 Å². The van der Waals surface area contributed by atoms with Crippen LogP contribution in [0.1, 0.15) is 45.8 Å². The molecule has 0 spiro atoms. The fourth-order valence-electron chi connectivity index (χ4n) is 3.25. The Balaban J connectivity index is 1.59. The van der Waals surface area contributed by atoms with Crippen LogP contribution in [0.2, 0.25) is 0 Å². The van der Waals surface area contributed by atoms with E-state index in [0.29, 0.717) is 18.7 Å². The molecule has 2 aromatic rings. The molecule has 1 saturated heterocycles. The van der Waals surface area contributed by atoms with Crippen molar-refractivity contribution in [3.63, 3.8) is 0 Å². The van der Waals surface area contributed by atoms with Crippen LogP contribution in [-0.4, -0.2) is 48.4 Å². The number of rotatable bonds is 6. The summed E-state index contributed by atoms with van der Waals surface area (Å²) in [6.45, 7) is 1.98. The molecule has 1 aliphatic rings. The van der Waals surface area contributed by atoms with Gasteiger partial charge >= 0.3 is 0 Å². The van der Waals surface area contributed by atoms with E-state index in [4.69, 9.17) is 4.74 Å². The van der Waals surface area contributed by atoms with Crippen LogP contribution in [0.25, 0.3) is 0 Å². The third-order valence-corrected chi connectivity index (χ3v) is 4.72. The molecule has 6 nitrogen and oxygen atoms in total. The van der Waals surface area contributed by atoms with Gasteiger partial charge in [-0.15, -0.1) is 0 Å². The number of hydrogen-bond donors (Lipinski definition) is 1. The number of likely N-dealkylation sites (tertiary alicyclic amines) is 1. The molecule has 1 aromatic heterocycles. The van der Waals surface area contributed by atoms with Crippen molar-refractivity contribution in [2.45, 2.75) is 25.7 Å². The SMILES string of the molecule is COc1ccccc1CCNC(=O)c1cccc(C(=O)N2CCCCC2)n1. The maximum Gasteiger partial charge on any atom is 0.272 e. The summed E-state index contributed by atoms with van der Waals surface area (Å²) in [6, 6.07) is 12.7. The summed E-state index contributed by atoms with van der Waals surface area (Å²) in [5, 5.41) is 2.86. The quantitative estimate of drug-likeness (QED) is 0.852. The summed E-state index contributed by atoms with van der Waals surface area (Å²) in [7, 11) is 1.63. The zero-order valence-electron chi connectivity index (χ0n) is 15.6. The van der Waals surface area contributed by atoms with Gasteiger partial charge in [-0.1, -0.05) is 24.3 Å². The Morgan fingerprint density at radius 1 is 1.04 bits per heavy atom. The van der Waals surface area contributed by atoms with Crippen LogP contribution in [0, 0.1) is 0 Å². The number of piperidine rings is 1. The van der Waals surface area contributed by atoms with Crippen molar-refractivity contribution in [3.05, 3.63) is 59.4 Å². The summed E-state index contributed by atoms with van der Waals surface area (Å²) in [5.41, 5.74) is 1.62. The van der Waals surface area contributed by atoms with Crippen LogP contribution in [0.3, 0.4) is 0 Å². The van der Waals surface area contributed by atoms with Gasteiger partial charge in [0.1, 0.15) is 17.1 Å². The lowest BCUT2D eigenvalue weighted by molar-refractivity contribution is 0.0718. The highest BCUT2D eigenvalue weighted by atomic mass is 16.5. The predicted octanol–water partition coefficient (Wildman–Crippen LogP) is 2.69. The molecule has 27 heavy (non-hydrogen) atoms. The first kappa shape index (κ1) is 18.9. The largest absolute Gasteiger partial charge is 0.496 e. The van der Waals surface area contributed by atoms with E-state index in [9.17, 15) is 9.59 Å². The number of amides is 2. The lowest BCUT2D eigenvalue weighted by Crippen LogP contribution is -2.36. The lowest BCUT2D eigenvalue weighted by atomic mass is 10.1. The summed E-state index contributed by atoms with van der Waals surface area (Å²) in [6.07, 6.45) is 3.86. The van der Waals surface area contributed by atoms with Crippen LogP contribution < -0.4 is 10.1 Å². The van der Waals surface area contributed by atoms with Gasteiger partial charge in [0.05, 0.1) is 7.11 Å². The molecule has 0 radical (unpaired) electrons. The number of carbonyl (C=O) groups excluding carboxylic acids is 2. The first-order valence-corrected chi connectivity index (χ1v) is 9.35. The monoisotopic (exact) mass is 367 g/mol. The standard InChI is InChI=1S/C21H25N3O3/c1-27-19-11-4-3-8-16(19)12-13-22-20(25)17-9-7-10-18(23-17)21(26)24-14-5-2-6-15-24/h3-4,7-11H,2,5-6,12-15H2,1H3,(H,22,25). The molecule has 2 heterocycles. The van der Waals surface area contributed by atoms with E-state index in [-0.39, 0.29) is 17.5 Å². The lowest BCUT2D eigenvalue weighted by Gasteiger charge is -2.26. The first-order chi connectivity index (χ1) is 13.2. The molecule has 1 aromatic carbocycles. The molecule has 0 saturated carbocycles. The summed E-state index contributed by atoms with van der Waals surface area (Å²) in [5.74, 6) is 0.426. The molecule has 0 bridgehead atoms. The van der Waals surface area contributed by atoms with E-state index in [1.807, 2.05) is 29.2 Å². The second-order valence-corrected chi connectivity index (χ2v) is 6.58. The molecule has 0 unspecified atom stereocenters. The van der Waals surface area contributed by atoms with Gasteiger partial charge in [-0.25, -0.2) is 4.98 Å². The maximum absolute atomic E-state index is 12.6. The molecule has 2 amide bonds. The number of aromatic nitrogens is 1. The van der Waals surface area contributed by atoms with Gasteiger partial charge in [-0.2, -0.15) is 0 Å². The summed E-state index contributed by atoms with van der Waals surface area (Å²) >= 11 is 0. The molecule has 1 fully saturated rings. The number of hydrogen-bond acceptors (Lipinski definition) is 4. The Morgan fingerprint density at radius 2 is 1.78 bits per heavy atom. The van der Waals surface area contributed by atoms with E-state index in [2.05, 4.69) is 10.3 Å². The topological polar surface area (TPSA) is 71.5 Å². The molecule has 6 heteroatoms. The number of carbonyl (C=O) groups is 2. The van der Waals surface area contributed by atoms with Crippen LogP contribution in [-0.2, 0) is 6.42 Å². The second-order valence-electron chi connectivity index (χ2n) is 6.58. The predicted molar refractivity (Wildman–Crippen MR) is 103 cm³/mol. The first-order valence-electron chi connectivity index (χ1n) is 9.35. The molecular weight excluding hydrogens is 342 g/mol. The minimum Gasteiger partial charge on any atom is -0.496 e. The van der Waals surface area contributed by atoms with Crippen molar-refractivity contribution >= 4 is 11.8 Å². The number of nitrogens with one attached hydrogen (secondary N) is 1. The Hall–Kier alpha value is -2.89. The zero-order chi connectivity index (χ0) is 19.1. The second kappa shape index (κ2) is 9.16. The maximum atomic E-state index is 12.6. The number of nitrogens with zero attached hydrogens (tertiary/aromatic N) is 2. The van der Waals surface area contributed by atoms with Gasteiger partial charge in [0, 0.05) is 19.6 Å². The number of methoxy groups -OCH3 is 1. The highest BCUT2D eigenvalue weighted by molar-refractivity contribution is 5.96. The molecule has 1 N–H and O–H groups in total. The Labute approximate surface area is 159 Å². The van der Waals surface area contributed by atoms with E-state index in [1.165, 1.54) is 0 Å². The number of pyridine rings is 1. The highest BCUT2D eigenvalue weighted by Crippen LogP contribution is 2.17. The van der Waals surface area contributed by atoms with Crippen molar-refractivity contribution < 1.29 is 14.3 Å². The van der Waals surface area contributed by atoms with Crippen LogP contribution in [0.15, 0.2) is 42.5 Å². The van der Waals surface area contributed by atoms with Crippen molar-refractivity contribution in [1.29, 1.82) is 0 Å². The average molecular weight is 367 g/mol. The average Bonchev–Trinajstić information content (AvgIpc) is 2.74. The van der Waals surface area contributed by atoms with Crippen LogP contribution >= 0.6 is 0 Å². The summed E-state index contributed by atoms with van der Waals surface area (Å²) in [4.78, 5) is 31.1. The van der Waals surface area contributed by atoms with E-state index < -0.39 is 0 Å². The molecule has 0 aliphatic carbocycles. The van der Waals surface area contributed by atoms with Gasteiger partial charge < -0.3 is 15.0 Å². The van der Waals surface area contributed by atoms with E-state index >= 15 is 0 Å². The van der Waals surface area contributed by atoms with Crippen molar-refractivity contribution in [2.24, 2.45) is 0 Å². The van der Waals surface area contributed by atoms with Crippen molar-refractivity contribution in [1.82, 2.24) is 15.2 Å². The Kier molecular flexibility index (Phi) is 6.41. The number of ether oxygens (including phenoxy) is 1. The molecular formula is C21H25N3O3. The normalized spacial score (nSPS) is 13.9. The molecule has 1 aliphatic heterocycles. The zero-order valence-corrected chi connectivity index (χ0v) is 15.6. The van der Waals surface area contributed by atoms with Gasteiger partial charge in [-0.05, 0) is 49.4 Å². The molecule has 142 valence electrons. The van der Waals surface area contributed by atoms with Crippen molar-refractivity contribution in [3.8, 4) is 5.75 Å². The minimum atomic E-state index is -0.279. The van der Waals surface area contributed by atoms with Gasteiger partial charge in [0.25, 0.3) is 11.8 Å². The third-order valence-electron chi connectivity index (χ3n) is 4.72. The third kappa shape index (κ3) is 4.84. The van der Waals surface area contributed by atoms with Gasteiger partial charge in [0.2, 0.25) is 0 Å². The summed E-state index contributed by atoms with van der Waals surface area (Å²) < 4.78 is 5.32. The number of benzene rings is 1. The fraction of sp³-hybridized carbons (Fsp3) is 0.381. The fourth-order valence-corrected chi connectivity index (χ4v) is 3.25. The Morgan fingerprint density at radius 3 is 2.56 bits per heavy atom. The van der Waals surface area contributed by atoms with Gasteiger partial charge in [-0.3, -0.25) is 9.59 Å². The van der Waals surface area contributed by atoms with Crippen LogP contribution in [0.4, 0.5) is 0 Å². The molecule has 3 rings (SSSR count). The van der Waals surface area contributed by atoms with Crippen LogP contribution in [0.5, 0.6) is 5.75 Å². The van der Waals surface area contributed by atoms with Crippen molar-refractivity contribution in [2.75, 3.05) is 26.7 Å². The highest BCUT2D eigenvalue weighted by Gasteiger charge is 2.20. The Bertz CT molecular complexity index is 801. The minimum absolute atomic E-state index is 0.0987.